The first-order chi connectivity index (χ1) is 10.2. The van der Waals surface area contributed by atoms with Gasteiger partial charge in [0, 0.05) is 18.2 Å². The summed E-state index contributed by atoms with van der Waals surface area (Å²) in [6, 6.07) is 8.51. The Kier molecular flexibility index (Phi) is 6.24. The normalized spacial score (nSPS) is 16.9. The van der Waals surface area contributed by atoms with Crippen molar-refractivity contribution in [2.24, 2.45) is 5.92 Å². The molecule has 116 valence electrons. The van der Waals surface area contributed by atoms with Crippen molar-refractivity contribution in [2.45, 2.75) is 58.4 Å². The van der Waals surface area contributed by atoms with Crippen LogP contribution in [0.3, 0.4) is 0 Å². The van der Waals surface area contributed by atoms with Crippen molar-refractivity contribution < 1.29 is 4.79 Å². The number of nitrogens with one attached hydrogen (secondary N) is 2. The summed E-state index contributed by atoms with van der Waals surface area (Å²) in [5.74, 6) is 0.925. The number of carbonyl (C=O) groups is 1. The van der Waals surface area contributed by atoms with E-state index in [0.717, 1.165) is 24.6 Å². The van der Waals surface area contributed by atoms with Gasteiger partial charge in [-0.15, -0.1) is 0 Å². The minimum atomic E-state index is 0.148. The molecule has 1 unspecified atom stereocenters. The fourth-order valence-electron chi connectivity index (χ4n) is 3.14. The zero-order valence-corrected chi connectivity index (χ0v) is 13.3. The van der Waals surface area contributed by atoms with E-state index in [9.17, 15) is 4.79 Å². The Bertz CT molecular complexity index is 435. The Hall–Kier alpha value is -1.35. The first kappa shape index (κ1) is 16.0. The Morgan fingerprint density at radius 2 is 1.90 bits per heavy atom. The van der Waals surface area contributed by atoms with E-state index in [0.29, 0.717) is 12.5 Å². The number of amides is 1. The van der Waals surface area contributed by atoms with Crippen LogP contribution >= 0.6 is 0 Å². The van der Waals surface area contributed by atoms with Gasteiger partial charge in [0.2, 0.25) is 5.91 Å². The second-order valence-corrected chi connectivity index (χ2v) is 6.14. The van der Waals surface area contributed by atoms with Crippen molar-refractivity contribution in [3.63, 3.8) is 0 Å². The number of benzene rings is 1. The van der Waals surface area contributed by atoms with Crippen LogP contribution in [-0.4, -0.2) is 12.5 Å². The average molecular weight is 288 g/mol. The summed E-state index contributed by atoms with van der Waals surface area (Å²) in [4.78, 5) is 12.0. The molecular formula is C18H28N2O. The SMILES string of the molecule is CCNC(C)c1ccc(NC(=O)CCC2CCCC2)cc1. The van der Waals surface area contributed by atoms with Gasteiger partial charge in [-0.3, -0.25) is 4.79 Å². The van der Waals surface area contributed by atoms with Crippen LogP contribution in [0.5, 0.6) is 0 Å². The summed E-state index contributed by atoms with van der Waals surface area (Å²) in [5, 5.41) is 6.39. The minimum absolute atomic E-state index is 0.148. The van der Waals surface area contributed by atoms with Crippen molar-refractivity contribution >= 4 is 11.6 Å². The molecule has 1 aromatic rings. The molecule has 1 aromatic carbocycles. The maximum absolute atomic E-state index is 12.0. The van der Waals surface area contributed by atoms with Gasteiger partial charge in [0.1, 0.15) is 0 Å². The molecule has 2 rings (SSSR count). The number of rotatable bonds is 7. The van der Waals surface area contributed by atoms with Crippen LogP contribution in [0, 0.1) is 5.92 Å². The molecule has 1 atom stereocenters. The zero-order chi connectivity index (χ0) is 15.1. The highest BCUT2D eigenvalue weighted by Gasteiger charge is 2.16. The third-order valence-electron chi connectivity index (χ3n) is 4.46. The number of hydrogen-bond acceptors (Lipinski definition) is 2. The number of hydrogen-bond donors (Lipinski definition) is 2. The van der Waals surface area contributed by atoms with E-state index in [1.165, 1.54) is 31.2 Å². The first-order valence-electron chi connectivity index (χ1n) is 8.32. The summed E-state index contributed by atoms with van der Waals surface area (Å²) < 4.78 is 0. The van der Waals surface area contributed by atoms with E-state index in [2.05, 4.69) is 36.6 Å². The molecule has 0 heterocycles. The molecule has 1 amide bonds. The standard InChI is InChI=1S/C18H28N2O/c1-3-19-14(2)16-9-11-17(12-10-16)20-18(21)13-8-15-6-4-5-7-15/h9-12,14-15,19H,3-8,13H2,1-2H3,(H,20,21). The van der Waals surface area contributed by atoms with Crippen LogP contribution in [0.4, 0.5) is 5.69 Å². The molecule has 0 radical (unpaired) electrons. The van der Waals surface area contributed by atoms with E-state index in [4.69, 9.17) is 0 Å². The minimum Gasteiger partial charge on any atom is -0.326 e. The fourth-order valence-corrected chi connectivity index (χ4v) is 3.14. The second kappa shape index (κ2) is 8.18. The fraction of sp³-hybridized carbons (Fsp3) is 0.611. The molecule has 0 aliphatic heterocycles. The Balaban J connectivity index is 1.77. The lowest BCUT2D eigenvalue weighted by molar-refractivity contribution is -0.116. The summed E-state index contributed by atoms with van der Waals surface area (Å²) in [5.41, 5.74) is 2.15. The van der Waals surface area contributed by atoms with Crippen molar-refractivity contribution in [2.75, 3.05) is 11.9 Å². The van der Waals surface area contributed by atoms with E-state index < -0.39 is 0 Å². The maximum atomic E-state index is 12.0. The molecule has 2 N–H and O–H groups in total. The number of carbonyl (C=O) groups excluding carboxylic acids is 1. The van der Waals surface area contributed by atoms with E-state index in [1.807, 2.05) is 12.1 Å². The highest BCUT2D eigenvalue weighted by Crippen LogP contribution is 2.28. The van der Waals surface area contributed by atoms with E-state index >= 15 is 0 Å². The van der Waals surface area contributed by atoms with Gasteiger partial charge in [0.15, 0.2) is 0 Å². The van der Waals surface area contributed by atoms with Crippen molar-refractivity contribution in [1.82, 2.24) is 5.32 Å². The summed E-state index contributed by atoms with van der Waals surface area (Å²) >= 11 is 0. The van der Waals surface area contributed by atoms with Gasteiger partial charge in [-0.05, 0) is 43.5 Å². The van der Waals surface area contributed by atoms with Crippen molar-refractivity contribution in [3.05, 3.63) is 29.8 Å². The second-order valence-electron chi connectivity index (χ2n) is 6.14. The molecule has 3 heteroatoms. The maximum Gasteiger partial charge on any atom is 0.224 e. The van der Waals surface area contributed by atoms with Gasteiger partial charge in [-0.25, -0.2) is 0 Å². The lowest BCUT2D eigenvalue weighted by Gasteiger charge is -2.13. The quantitative estimate of drug-likeness (QED) is 0.787. The summed E-state index contributed by atoms with van der Waals surface area (Å²) in [6.07, 6.45) is 7.01. The molecule has 3 nitrogen and oxygen atoms in total. The van der Waals surface area contributed by atoms with Crippen LogP contribution in [0.2, 0.25) is 0 Å². The zero-order valence-electron chi connectivity index (χ0n) is 13.3. The Morgan fingerprint density at radius 1 is 1.24 bits per heavy atom. The molecule has 1 saturated carbocycles. The molecular weight excluding hydrogens is 260 g/mol. The molecule has 1 aliphatic rings. The first-order valence-corrected chi connectivity index (χ1v) is 8.32. The topological polar surface area (TPSA) is 41.1 Å². The lowest BCUT2D eigenvalue weighted by Crippen LogP contribution is -2.17. The van der Waals surface area contributed by atoms with E-state index in [1.54, 1.807) is 0 Å². The van der Waals surface area contributed by atoms with Crippen molar-refractivity contribution in [1.29, 1.82) is 0 Å². The number of anilines is 1. The Morgan fingerprint density at radius 3 is 2.52 bits per heavy atom. The van der Waals surface area contributed by atoms with Gasteiger partial charge in [-0.2, -0.15) is 0 Å². The van der Waals surface area contributed by atoms with Crippen LogP contribution in [-0.2, 0) is 4.79 Å². The highest BCUT2D eigenvalue weighted by molar-refractivity contribution is 5.90. The molecule has 0 saturated heterocycles. The molecule has 0 aromatic heterocycles. The smallest absolute Gasteiger partial charge is 0.224 e. The van der Waals surface area contributed by atoms with Crippen molar-refractivity contribution in [3.8, 4) is 0 Å². The third kappa shape index (κ3) is 5.16. The average Bonchev–Trinajstić information content (AvgIpc) is 2.99. The monoisotopic (exact) mass is 288 g/mol. The molecule has 1 fully saturated rings. The molecule has 21 heavy (non-hydrogen) atoms. The van der Waals surface area contributed by atoms with E-state index in [-0.39, 0.29) is 5.91 Å². The van der Waals surface area contributed by atoms with Gasteiger partial charge in [-0.1, -0.05) is 44.7 Å². The summed E-state index contributed by atoms with van der Waals surface area (Å²) in [7, 11) is 0. The largest absolute Gasteiger partial charge is 0.326 e. The van der Waals surface area contributed by atoms with Gasteiger partial charge in [0.25, 0.3) is 0 Å². The van der Waals surface area contributed by atoms with Crippen LogP contribution in [0.25, 0.3) is 0 Å². The van der Waals surface area contributed by atoms with Gasteiger partial charge >= 0.3 is 0 Å². The lowest BCUT2D eigenvalue weighted by atomic mass is 10.0. The third-order valence-corrected chi connectivity index (χ3v) is 4.46. The molecule has 0 spiro atoms. The predicted octanol–water partition coefficient (Wildman–Crippen LogP) is 4.27. The van der Waals surface area contributed by atoms with Crippen LogP contribution in [0.15, 0.2) is 24.3 Å². The van der Waals surface area contributed by atoms with Gasteiger partial charge < -0.3 is 10.6 Å². The molecule has 1 aliphatic carbocycles. The summed E-state index contributed by atoms with van der Waals surface area (Å²) in [6.45, 7) is 5.22. The predicted molar refractivity (Wildman–Crippen MR) is 88.4 cm³/mol. The Labute approximate surface area is 128 Å². The van der Waals surface area contributed by atoms with Gasteiger partial charge in [0.05, 0.1) is 0 Å². The van der Waals surface area contributed by atoms with Crippen LogP contribution < -0.4 is 10.6 Å². The van der Waals surface area contributed by atoms with Crippen LogP contribution in [0.1, 0.15) is 64.0 Å². The highest BCUT2D eigenvalue weighted by atomic mass is 16.1. The molecule has 0 bridgehead atoms.